The van der Waals surface area contributed by atoms with Crippen molar-refractivity contribution in [1.29, 1.82) is 0 Å². The highest BCUT2D eigenvalue weighted by atomic mass is 31.2. The quantitative estimate of drug-likeness (QED) is 0.341. The van der Waals surface area contributed by atoms with Gasteiger partial charge in [0.1, 0.15) is 6.10 Å². The Bertz CT molecular complexity index is 956. The van der Waals surface area contributed by atoms with Crippen LogP contribution in [-0.2, 0) is 18.6 Å². The fraction of sp³-hybridized carbons (Fsp3) is 0.667. The van der Waals surface area contributed by atoms with Crippen molar-refractivity contribution in [2.45, 2.75) is 38.3 Å². The number of aromatic amines is 1. The van der Waals surface area contributed by atoms with E-state index in [9.17, 15) is 14.5 Å². The SMILES string of the molecule is COC[C@H]1[C@@H](O)[C@H](n2cnc3c(=O)[nH]c(NC(C)C)nc32)O[C@@H]1COP(=O)(O)O. The van der Waals surface area contributed by atoms with Crippen LogP contribution in [-0.4, -0.2) is 73.0 Å². The standard InChI is InChI=1S/C15H24N5O8P/c1-7(2)17-15-18-12-10(13(22)19-15)16-6-20(12)14-11(21)8(4-26-3)9(28-14)5-27-29(23,24)25/h6-9,11,14,21H,4-5H2,1-3H3,(H2,23,24,25)(H2,17,18,19,22)/t8-,9-,11-,14-/m1/s1. The summed E-state index contributed by atoms with van der Waals surface area (Å²) >= 11 is 0. The van der Waals surface area contributed by atoms with Crippen molar-refractivity contribution in [1.82, 2.24) is 19.5 Å². The molecule has 3 rings (SSSR count). The van der Waals surface area contributed by atoms with E-state index in [1.54, 1.807) is 0 Å². The van der Waals surface area contributed by atoms with Crippen LogP contribution in [0.1, 0.15) is 20.1 Å². The summed E-state index contributed by atoms with van der Waals surface area (Å²) in [5.41, 5.74) is -0.207. The van der Waals surface area contributed by atoms with E-state index in [2.05, 4.69) is 24.8 Å². The van der Waals surface area contributed by atoms with Crippen molar-refractivity contribution in [3.8, 4) is 0 Å². The predicted octanol–water partition coefficient (Wildman–Crippen LogP) is -0.430. The number of rotatable bonds is 8. The maximum absolute atomic E-state index is 12.3. The van der Waals surface area contributed by atoms with Gasteiger partial charge in [0.15, 0.2) is 17.4 Å². The van der Waals surface area contributed by atoms with E-state index in [0.717, 1.165) is 0 Å². The zero-order chi connectivity index (χ0) is 21.3. The molecular weight excluding hydrogens is 409 g/mol. The molecule has 0 saturated carbocycles. The number of nitrogens with zero attached hydrogens (tertiary/aromatic N) is 3. The largest absolute Gasteiger partial charge is 0.469 e. The normalized spacial score (nSPS) is 25.2. The smallest absolute Gasteiger partial charge is 0.388 e. The van der Waals surface area contributed by atoms with E-state index in [-0.39, 0.29) is 29.8 Å². The molecule has 0 spiro atoms. The number of imidazole rings is 1. The van der Waals surface area contributed by atoms with Crippen LogP contribution in [0.4, 0.5) is 5.95 Å². The van der Waals surface area contributed by atoms with Gasteiger partial charge in [0, 0.05) is 19.1 Å². The number of H-pyrrole nitrogens is 1. The Morgan fingerprint density at radius 3 is 2.76 bits per heavy atom. The first-order valence-electron chi connectivity index (χ1n) is 8.86. The minimum absolute atomic E-state index is 0.0144. The Morgan fingerprint density at radius 1 is 1.41 bits per heavy atom. The van der Waals surface area contributed by atoms with Gasteiger partial charge in [0.2, 0.25) is 5.95 Å². The van der Waals surface area contributed by atoms with E-state index in [1.165, 1.54) is 18.0 Å². The number of aliphatic hydroxyl groups is 1. The Labute approximate surface area is 165 Å². The molecule has 0 aromatic carbocycles. The number of ether oxygens (including phenoxy) is 2. The van der Waals surface area contributed by atoms with Crippen molar-refractivity contribution in [2.24, 2.45) is 5.92 Å². The average Bonchev–Trinajstić information content (AvgIpc) is 3.15. The molecule has 3 heterocycles. The summed E-state index contributed by atoms with van der Waals surface area (Å²) in [5.74, 6) is -0.397. The number of hydrogen-bond donors (Lipinski definition) is 5. The van der Waals surface area contributed by atoms with Gasteiger partial charge in [0.05, 0.1) is 25.6 Å². The Kier molecular flexibility index (Phi) is 6.39. The molecule has 1 aliphatic heterocycles. The summed E-state index contributed by atoms with van der Waals surface area (Å²) in [4.78, 5) is 41.2. The number of hydrogen-bond acceptors (Lipinski definition) is 9. The first kappa shape index (κ1) is 21.8. The number of nitrogens with one attached hydrogen (secondary N) is 2. The minimum Gasteiger partial charge on any atom is -0.388 e. The fourth-order valence-electron chi connectivity index (χ4n) is 3.21. The number of phosphoric acid groups is 1. The number of methoxy groups -OCH3 is 1. The molecule has 14 heteroatoms. The van der Waals surface area contributed by atoms with Crippen molar-refractivity contribution in [3.63, 3.8) is 0 Å². The van der Waals surface area contributed by atoms with Crippen LogP contribution in [0.15, 0.2) is 11.1 Å². The second-order valence-electron chi connectivity index (χ2n) is 7.00. The highest BCUT2D eigenvalue weighted by Gasteiger charge is 2.46. The fourth-order valence-corrected chi connectivity index (χ4v) is 3.55. The van der Waals surface area contributed by atoms with Crippen LogP contribution in [0, 0.1) is 5.92 Å². The highest BCUT2D eigenvalue weighted by molar-refractivity contribution is 7.46. The Balaban J connectivity index is 1.94. The average molecular weight is 433 g/mol. The molecule has 0 bridgehead atoms. The predicted molar refractivity (Wildman–Crippen MR) is 100 cm³/mol. The second-order valence-corrected chi connectivity index (χ2v) is 8.24. The molecule has 29 heavy (non-hydrogen) atoms. The lowest BCUT2D eigenvalue weighted by molar-refractivity contribution is -0.0492. The van der Waals surface area contributed by atoms with Crippen LogP contribution >= 0.6 is 7.82 Å². The number of anilines is 1. The van der Waals surface area contributed by atoms with Gasteiger partial charge in [-0.3, -0.25) is 18.9 Å². The first-order chi connectivity index (χ1) is 13.6. The van der Waals surface area contributed by atoms with E-state index >= 15 is 0 Å². The third kappa shape index (κ3) is 4.83. The lowest BCUT2D eigenvalue weighted by atomic mass is 9.99. The van der Waals surface area contributed by atoms with Crippen LogP contribution in [0.25, 0.3) is 11.2 Å². The zero-order valence-electron chi connectivity index (χ0n) is 16.1. The molecule has 2 aromatic rings. The maximum atomic E-state index is 12.3. The molecule has 1 aliphatic rings. The minimum atomic E-state index is -4.72. The van der Waals surface area contributed by atoms with Gasteiger partial charge in [-0.25, -0.2) is 9.55 Å². The topological polar surface area (TPSA) is 181 Å². The monoisotopic (exact) mass is 433 g/mol. The van der Waals surface area contributed by atoms with Gasteiger partial charge in [-0.15, -0.1) is 0 Å². The summed E-state index contributed by atoms with van der Waals surface area (Å²) in [5, 5.41) is 13.8. The van der Waals surface area contributed by atoms with E-state index in [1.807, 2.05) is 13.8 Å². The van der Waals surface area contributed by atoms with Crippen LogP contribution < -0.4 is 10.9 Å². The zero-order valence-corrected chi connectivity index (χ0v) is 16.9. The van der Waals surface area contributed by atoms with Crippen LogP contribution in [0.3, 0.4) is 0 Å². The third-order valence-corrected chi connectivity index (χ3v) is 4.91. The van der Waals surface area contributed by atoms with E-state index in [4.69, 9.17) is 19.3 Å². The molecule has 0 radical (unpaired) electrons. The van der Waals surface area contributed by atoms with Gasteiger partial charge in [-0.05, 0) is 13.8 Å². The number of aromatic nitrogens is 4. The van der Waals surface area contributed by atoms with Crippen molar-refractivity contribution >= 4 is 24.9 Å². The lowest BCUT2D eigenvalue weighted by Gasteiger charge is -2.19. The van der Waals surface area contributed by atoms with Gasteiger partial charge in [-0.1, -0.05) is 0 Å². The van der Waals surface area contributed by atoms with Gasteiger partial charge in [0.25, 0.3) is 5.56 Å². The van der Waals surface area contributed by atoms with Crippen molar-refractivity contribution in [2.75, 3.05) is 25.6 Å². The van der Waals surface area contributed by atoms with Gasteiger partial charge < -0.3 is 29.7 Å². The second kappa shape index (κ2) is 8.48. The molecule has 13 nitrogen and oxygen atoms in total. The van der Waals surface area contributed by atoms with Crippen LogP contribution in [0.2, 0.25) is 0 Å². The van der Waals surface area contributed by atoms with Gasteiger partial charge >= 0.3 is 7.82 Å². The summed E-state index contributed by atoms with van der Waals surface area (Å²) in [6, 6.07) is 0.0144. The van der Waals surface area contributed by atoms with Gasteiger partial charge in [-0.2, -0.15) is 4.98 Å². The lowest BCUT2D eigenvalue weighted by Crippen LogP contribution is -2.32. The molecule has 5 N–H and O–H groups in total. The molecule has 0 aliphatic carbocycles. The van der Waals surface area contributed by atoms with Crippen LogP contribution in [0.5, 0.6) is 0 Å². The molecule has 0 amide bonds. The Hall–Kier alpha value is -1.86. The summed E-state index contributed by atoms with van der Waals surface area (Å²) in [7, 11) is -3.29. The summed E-state index contributed by atoms with van der Waals surface area (Å²) in [6.45, 7) is 3.37. The molecule has 1 fully saturated rings. The van der Waals surface area contributed by atoms with Crippen molar-refractivity contribution in [3.05, 3.63) is 16.7 Å². The highest BCUT2D eigenvalue weighted by Crippen LogP contribution is 2.40. The number of fused-ring (bicyclic) bond motifs is 1. The molecular formula is C15H24N5O8P. The number of aliphatic hydroxyl groups excluding tert-OH is 1. The maximum Gasteiger partial charge on any atom is 0.469 e. The summed E-state index contributed by atoms with van der Waals surface area (Å²) in [6.07, 6.45) is -1.68. The van der Waals surface area contributed by atoms with E-state index in [0.29, 0.717) is 0 Å². The molecule has 1 saturated heterocycles. The first-order valence-corrected chi connectivity index (χ1v) is 10.4. The molecule has 0 unspecified atom stereocenters. The third-order valence-electron chi connectivity index (χ3n) is 4.42. The van der Waals surface area contributed by atoms with Crippen molar-refractivity contribution < 1.29 is 33.5 Å². The Morgan fingerprint density at radius 2 is 2.14 bits per heavy atom. The van der Waals surface area contributed by atoms with E-state index < -0.39 is 44.3 Å². The summed E-state index contributed by atoms with van der Waals surface area (Å²) < 4.78 is 27.9. The molecule has 162 valence electrons. The number of phosphoric ester groups is 1. The molecule has 4 atom stereocenters. The molecule has 2 aromatic heterocycles.